The average molecular weight is 298 g/mol. The molecule has 0 atom stereocenters. The average Bonchev–Trinajstić information content (AvgIpc) is 2.33. The summed E-state index contributed by atoms with van der Waals surface area (Å²) < 4.78 is 0.773. The first-order chi connectivity index (χ1) is 8.08. The van der Waals surface area contributed by atoms with E-state index in [4.69, 9.17) is 0 Å². The lowest BCUT2D eigenvalue weighted by Gasteiger charge is -2.14. The maximum atomic E-state index is 11.9. The summed E-state index contributed by atoms with van der Waals surface area (Å²) in [7, 11) is 0. The molecule has 1 aromatic carbocycles. The van der Waals surface area contributed by atoms with Crippen molar-refractivity contribution in [3.8, 4) is 5.75 Å². The molecule has 0 saturated carbocycles. The summed E-state index contributed by atoms with van der Waals surface area (Å²) >= 11 is 3.27. The van der Waals surface area contributed by atoms with E-state index in [-0.39, 0.29) is 11.5 Å². The molecule has 4 heteroatoms. The number of benzene rings is 1. The number of nitrogens with zero attached hydrogens (tertiary/aromatic N) is 1. The van der Waals surface area contributed by atoms with Gasteiger partial charge in [-0.05, 0) is 32.0 Å². The Balaban J connectivity index is 2.86. The minimum atomic E-state index is -0.198. The Bertz CT molecular complexity index is 425. The standard InChI is InChI=1S/C13H16BrNO2/c1-3-15(4-2)8-7-13(17)11-9-10(14)5-6-12(11)16/h5-9,16H,3-4H2,1-2H3/b8-7-. The van der Waals surface area contributed by atoms with E-state index in [1.807, 2.05) is 18.7 Å². The van der Waals surface area contributed by atoms with Gasteiger partial charge in [0.05, 0.1) is 5.56 Å². The molecule has 0 amide bonds. The Morgan fingerprint density at radius 3 is 2.65 bits per heavy atom. The molecule has 0 aliphatic heterocycles. The van der Waals surface area contributed by atoms with Gasteiger partial charge in [-0.25, -0.2) is 0 Å². The van der Waals surface area contributed by atoms with E-state index in [9.17, 15) is 9.90 Å². The third-order valence-corrected chi connectivity index (χ3v) is 2.97. The SMILES string of the molecule is CCN(/C=C\C(=O)c1cc(Br)ccc1O)CC. The highest BCUT2D eigenvalue weighted by atomic mass is 79.9. The molecule has 0 radical (unpaired) electrons. The van der Waals surface area contributed by atoms with E-state index >= 15 is 0 Å². The first-order valence-electron chi connectivity index (χ1n) is 5.53. The van der Waals surface area contributed by atoms with Crippen LogP contribution in [0, 0.1) is 0 Å². The predicted molar refractivity (Wildman–Crippen MR) is 72.2 cm³/mol. The van der Waals surface area contributed by atoms with Gasteiger partial charge in [-0.2, -0.15) is 0 Å². The van der Waals surface area contributed by atoms with E-state index in [0.29, 0.717) is 5.56 Å². The third-order valence-electron chi connectivity index (χ3n) is 2.47. The predicted octanol–water partition coefficient (Wildman–Crippen LogP) is 3.19. The first kappa shape index (κ1) is 13.8. The summed E-state index contributed by atoms with van der Waals surface area (Å²) in [5, 5.41) is 9.60. The van der Waals surface area contributed by atoms with Gasteiger partial charge in [-0.3, -0.25) is 4.79 Å². The van der Waals surface area contributed by atoms with Crippen LogP contribution in [0.4, 0.5) is 0 Å². The zero-order valence-electron chi connectivity index (χ0n) is 9.98. The molecule has 1 aromatic rings. The van der Waals surface area contributed by atoms with Crippen LogP contribution in [0.5, 0.6) is 5.75 Å². The molecule has 0 aliphatic carbocycles. The zero-order valence-corrected chi connectivity index (χ0v) is 11.6. The molecule has 0 unspecified atom stereocenters. The summed E-state index contributed by atoms with van der Waals surface area (Å²) in [4.78, 5) is 13.9. The van der Waals surface area contributed by atoms with Crippen molar-refractivity contribution in [2.45, 2.75) is 13.8 Å². The molecule has 0 aliphatic rings. The largest absolute Gasteiger partial charge is 0.507 e. The van der Waals surface area contributed by atoms with Gasteiger partial charge in [0.2, 0.25) is 0 Å². The van der Waals surface area contributed by atoms with Crippen LogP contribution in [-0.2, 0) is 0 Å². The Morgan fingerprint density at radius 1 is 1.41 bits per heavy atom. The number of hydrogen-bond acceptors (Lipinski definition) is 3. The number of hydrogen-bond donors (Lipinski definition) is 1. The minimum absolute atomic E-state index is 0.00222. The van der Waals surface area contributed by atoms with Crippen molar-refractivity contribution in [1.29, 1.82) is 0 Å². The van der Waals surface area contributed by atoms with Gasteiger partial charge < -0.3 is 10.0 Å². The van der Waals surface area contributed by atoms with Crippen LogP contribution >= 0.6 is 15.9 Å². The fraction of sp³-hybridized carbons (Fsp3) is 0.308. The van der Waals surface area contributed by atoms with E-state index in [1.165, 1.54) is 12.1 Å². The molecular weight excluding hydrogens is 282 g/mol. The highest BCUT2D eigenvalue weighted by molar-refractivity contribution is 9.10. The lowest BCUT2D eigenvalue weighted by Crippen LogP contribution is -2.15. The van der Waals surface area contributed by atoms with Gasteiger partial charge in [-0.15, -0.1) is 0 Å². The second kappa shape index (κ2) is 6.45. The number of halogens is 1. The van der Waals surface area contributed by atoms with Gasteiger partial charge in [-0.1, -0.05) is 15.9 Å². The Kier molecular flexibility index (Phi) is 5.22. The molecule has 92 valence electrons. The summed E-state index contributed by atoms with van der Waals surface area (Å²) in [6.45, 7) is 5.75. The monoisotopic (exact) mass is 297 g/mol. The lowest BCUT2D eigenvalue weighted by molar-refractivity contribution is 0.104. The van der Waals surface area contributed by atoms with Crippen molar-refractivity contribution in [2.24, 2.45) is 0 Å². The van der Waals surface area contributed by atoms with Crippen LogP contribution in [0.2, 0.25) is 0 Å². The van der Waals surface area contributed by atoms with E-state index in [0.717, 1.165) is 17.6 Å². The third kappa shape index (κ3) is 3.89. The quantitative estimate of drug-likeness (QED) is 0.670. The van der Waals surface area contributed by atoms with Crippen molar-refractivity contribution >= 4 is 21.7 Å². The molecule has 17 heavy (non-hydrogen) atoms. The Labute approximate surface area is 110 Å². The number of carbonyl (C=O) groups is 1. The van der Waals surface area contributed by atoms with Crippen molar-refractivity contribution in [3.05, 3.63) is 40.5 Å². The Hall–Kier alpha value is -1.29. The number of carbonyl (C=O) groups excluding carboxylic acids is 1. The molecule has 0 bridgehead atoms. The number of aromatic hydroxyl groups is 1. The van der Waals surface area contributed by atoms with Crippen molar-refractivity contribution < 1.29 is 9.90 Å². The molecule has 1 rings (SSSR count). The maximum Gasteiger partial charge on any atom is 0.191 e. The van der Waals surface area contributed by atoms with Crippen LogP contribution in [0.15, 0.2) is 34.9 Å². The van der Waals surface area contributed by atoms with Crippen molar-refractivity contribution in [2.75, 3.05) is 13.1 Å². The fourth-order valence-electron chi connectivity index (χ4n) is 1.40. The maximum absolute atomic E-state index is 11.9. The summed E-state index contributed by atoms with van der Waals surface area (Å²) in [6.07, 6.45) is 3.23. The fourth-order valence-corrected chi connectivity index (χ4v) is 1.76. The molecule has 0 aromatic heterocycles. The van der Waals surface area contributed by atoms with Crippen LogP contribution in [-0.4, -0.2) is 28.9 Å². The molecular formula is C13H16BrNO2. The number of rotatable bonds is 5. The highest BCUT2D eigenvalue weighted by Crippen LogP contribution is 2.22. The van der Waals surface area contributed by atoms with Crippen LogP contribution in [0.1, 0.15) is 24.2 Å². The van der Waals surface area contributed by atoms with Crippen LogP contribution < -0.4 is 0 Å². The normalized spacial score (nSPS) is 10.8. The van der Waals surface area contributed by atoms with E-state index < -0.39 is 0 Å². The number of ketones is 1. The van der Waals surface area contributed by atoms with Gasteiger partial charge in [0.1, 0.15) is 5.75 Å². The van der Waals surface area contributed by atoms with E-state index in [1.54, 1.807) is 18.3 Å². The van der Waals surface area contributed by atoms with Gasteiger partial charge in [0.25, 0.3) is 0 Å². The molecule has 0 spiro atoms. The molecule has 0 saturated heterocycles. The molecule has 0 fully saturated rings. The smallest absolute Gasteiger partial charge is 0.191 e. The van der Waals surface area contributed by atoms with Crippen molar-refractivity contribution in [3.63, 3.8) is 0 Å². The summed E-state index contributed by atoms with van der Waals surface area (Å²) in [5.74, 6) is -0.196. The second-order valence-corrected chi connectivity index (χ2v) is 4.48. The number of allylic oxidation sites excluding steroid dienone is 1. The van der Waals surface area contributed by atoms with E-state index in [2.05, 4.69) is 15.9 Å². The highest BCUT2D eigenvalue weighted by Gasteiger charge is 2.08. The minimum Gasteiger partial charge on any atom is -0.507 e. The summed E-state index contributed by atoms with van der Waals surface area (Å²) in [6, 6.07) is 4.81. The zero-order chi connectivity index (χ0) is 12.8. The topological polar surface area (TPSA) is 40.5 Å². The molecule has 1 N–H and O–H groups in total. The first-order valence-corrected chi connectivity index (χ1v) is 6.32. The van der Waals surface area contributed by atoms with Gasteiger partial charge in [0, 0.05) is 29.8 Å². The Morgan fingerprint density at radius 2 is 2.06 bits per heavy atom. The van der Waals surface area contributed by atoms with Crippen molar-refractivity contribution in [1.82, 2.24) is 4.90 Å². The number of phenolic OH excluding ortho intramolecular Hbond substituents is 1. The van der Waals surface area contributed by atoms with Gasteiger partial charge in [0.15, 0.2) is 5.78 Å². The van der Waals surface area contributed by atoms with Crippen LogP contribution in [0.3, 0.4) is 0 Å². The lowest BCUT2D eigenvalue weighted by atomic mass is 10.1. The molecule has 3 nitrogen and oxygen atoms in total. The van der Waals surface area contributed by atoms with Gasteiger partial charge >= 0.3 is 0 Å². The number of phenols is 1. The van der Waals surface area contributed by atoms with Crippen LogP contribution in [0.25, 0.3) is 0 Å². The summed E-state index contributed by atoms with van der Waals surface area (Å²) in [5.41, 5.74) is 0.308. The molecule has 0 heterocycles. The second-order valence-electron chi connectivity index (χ2n) is 3.56.